The van der Waals surface area contributed by atoms with Crippen molar-refractivity contribution in [3.8, 4) is 10.0 Å². The third-order valence-electron chi connectivity index (χ3n) is 10.2. The molecule has 6 N–H and O–H groups in total. The van der Waals surface area contributed by atoms with Gasteiger partial charge in [0.25, 0.3) is 0 Å². The van der Waals surface area contributed by atoms with E-state index in [2.05, 4.69) is 34.6 Å². The number of fused-ring (bicyclic) bond motifs is 6. The van der Waals surface area contributed by atoms with Gasteiger partial charge >= 0.3 is 6.09 Å². The van der Waals surface area contributed by atoms with Gasteiger partial charge in [-0.15, -0.1) is 22.7 Å². The molecule has 0 radical (unpaired) electrons. The van der Waals surface area contributed by atoms with E-state index in [-0.39, 0.29) is 29.8 Å². The third-order valence-corrected chi connectivity index (χ3v) is 12.6. The minimum absolute atomic E-state index is 0.109. The molecule has 0 aliphatic carbocycles. The van der Waals surface area contributed by atoms with E-state index in [9.17, 15) is 9.59 Å². The molecule has 7 rings (SSSR count). The summed E-state index contributed by atoms with van der Waals surface area (Å²) in [4.78, 5) is 60.2. The zero-order chi connectivity index (χ0) is 37.4. The second kappa shape index (κ2) is 15.6. The molecule has 1 fully saturated rings. The Balaban J connectivity index is 1.19. The van der Waals surface area contributed by atoms with Gasteiger partial charge in [0.2, 0.25) is 5.91 Å². The van der Waals surface area contributed by atoms with Gasteiger partial charge in [0.1, 0.15) is 17.7 Å². The van der Waals surface area contributed by atoms with E-state index in [1.54, 1.807) is 29.8 Å². The fourth-order valence-corrected chi connectivity index (χ4v) is 9.48. The van der Waals surface area contributed by atoms with Crippen LogP contribution in [0.25, 0.3) is 52.5 Å². The number of methoxy groups -OCH3 is 1. The minimum Gasteiger partial charge on any atom is -0.453 e. The fourth-order valence-electron chi connectivity index (χ4n) is 7.33. The lowest BCUT2D eigenvalue weighted by atomic mass is 9.89. The Morgan fingerprint density at radius 2 is 1.57 bits per heavy atom. The summed E-state index contributed by atoms with van der Waals surface area (Å²) in [6, 6.07) is 7.28. The highest BCUT2D eigenvalue weighted by Gasteiger charge is 2.38. The predicted octanol–water partition coefficient (Wildman–Crippen LogP) is 6.76. The molecule has 1 unspecified atom stereocenters. The summed E-state index contributed by atoms with van der Waals surface area (Å²) in [6.45, 7) is 9.43. The normalized spacial score (nSPS) is 16.8. The molecule has 2 amide bonds. The van der Waals surface area contributed by atoms with Gasteiger partial charge < -0.3 is 35.5 Å². The van der Waals surface area contributed by atoms with Crippen LogP contribution in [-0.4, -0.2) is 86.2 Å². The molecule has 2 aromatic carbocycles. The van der Waals surface area contributed by atoms with Crippen molar-refractivity contribution in [2.75, 3.05) is 27.3 Å². The largest absolute Gasteiger partial charge is 0.453 e. The highest BCUT2D eigenvalue weighted by atomic mass is 32.1. The number of ether oxygens (including phenoxy) is 1. The van der Waals surface area contributed by atoms with Crippen LogP contribution in [0.5, 0.6) is 0 Å². The van der Waals surface area contributed by atoms with Gasteiger partial charge in [0, 0.05) is 18.5 Å². The zero-order valence-corrected chi connectivity index (χ0v) is 32.6. The molecule has 0 saturated carbocycles. The number of alkyl carbamates (subject to hydrolysis) is 1. The number of carbonyl (C=O) groups excluding carboxylic acids is 2. The number of hydrogen-bond acceptors (Lipinski definition) is 12. The number of hydrogen-bond donors (Lipinski definition) is 5. The molecule has 16 heteroatoms. The topological polar surface area (TPSA) is 189 Å². The Morgan fingerprint density at radius 3 is 2.17 bits per heavy atom. The van der Waals surface area contributed by atoms with Crippen molar-refractivity contribution in [1.82, 2.24) is 45.6 Å². The van der Waals surface area contributed by atoms with E-state index in [1.807, 2.05) is 43.0 Å². The molecule has 4 aromatic heterocycles. The van der Waals surface area contributed by atoms with Crippen molar-refractivity contribution in [2.45, 2.75) is 83.8 Å². The molecule has 5 heterocycles. The highest BCUT2D eigenvalue weighted by Crippen LogP contribution is 2.41. The number of nitrogens with zero attached hydrogens (tertiary/aromatic N) is 5. The van der Waals surface area contributed by atoms with Crippen LogP contribution in [-0.2, 0) is 14.4 Å². The first-order valence-corrected chi connectivity index (χ1v) is 20.0. The maximum atomic E-state index is 13.7. The van der Waals surface area contributed by atoms with Crippen LogP contribution in [0.4, 0.5) is 4.79 Å². The van der Waals surface area contributed by atoms with Crippen LogP contribution in [0, 0.1) is 11.8 Å². The van der Waals surface area contributed by atoms with Crippen LogP contribution in [0.2, 0.25) is 0 Å². The number of nitrogens with two attached hydrogens (primary N) is 1. The van der Waals surface area contributed by atoms with E-state index >= 15 is 0 Å². The number of amides is 2. The number of thiazole rings is 2. The maximum Gasteiger partial charge on any atom is 0.407 e. The summed E-state index contributed by atoms with van der Waals surface area (Å²) >= 11 is 3.20. The molecule has 282 valence electrons. The summed E-state index contributed by atoms with van der Waals surface area (Å²) < 4.78 is 6.82. The highest BCUT2D eigenvalue weighted by molar-refractivity contribution is 7.28. The lowest BCUT2D eigenvalue weighted by Crippen LogP contribution is -2.51. The first kappa shape index (κ1) is 37.1. The van der Waals surface area contributed by atoms with E-state index in [0.29, 0.717) is 19.0 Å². The lowest BCUT2D eigenvalue weighted by Gasteiger charge is -2.29. The van der Waals surface area contributed by atoms with E-state index in [0.717, 1.165) is 96.3 Å². The Bertz CT molecular complexity index is 2240. The predicted molar refractivity (Wildman–Crippen MR) is 210 cm³/mol. The zero-order valence-electron chi connectivity index (χ0n) is 31.0. The number of H-pyrrole nitrogens is 2. The number of rotatable bonds is 14. The number of aromatic nitrogens is 6. The van der Waals surface area contributed by atoms with E-state index in [4.69, 9.17) is 35.2 Å². The van der Waals surface area contributed by atoms with Gasteiger partial charge in [-0.3, -0.25) is 4.79 Å². The van der Waals surface area contributed by atoms with Crippen molar-refractivity contribution in [2.24, 2.45) is 17.6 Å². The van der Waals surface area contributed by atoms with Gasteiger partial charge in [-0.2, -0.15) is 5.48 Å². The molecule has 1 saturated heterocycles. The summed E-state index contributed by atoms with van der Waals surface area (Å²) in [6.07, 6.45) is 3.71. The van der Waals surface area contributed by atoms with Crippen molar-refractivity contribution < 1.29 is 19.2 Å². The summed E-state index contributed by atoms with van der Waals surface area (Å²) in [7, 11) is 2.96. The van der Waals surface area contributed by atoms with Gasteiger partial charge in [0.05, 0.1) is 62.8 Å². The van der Waals surface area contributed by atoms with E-state index < -0.39 is 12.1 Å². The molecule has 14 nitrogen and oxygen atoms in total. The second-order valence-electron chi connectivity index (χ2n) is 14.5. The third kappa shape index (κ3) is 7.34. The maximum absolute atomic E-state index is 13.7. The number of benzene rings is 2. The fraction of sp³-hybridized carbons (Fsp3) is 0.514. The van der Waals surface area contributed by atoms with Gasteiger partial charge in [-0.05, 0) is 74.8 Å². The molecule has 4 atom stereocenters. The number of nitrogens with one attached hydrogen (secondary N) is 4. The molecule has 1 aliphatic rings. The Morgan fingerprint density at radius 1 is 0.925 bits per heavy atom. The van der Waals surface area contributed by atoms with Crippen LogP contribution in [0.3, 0.4) is 0 Å². The molecular formula is C37H48N10O4S2. The molecule has 0 bridgehead atoms. The molecule has 6 aromatic rings. The minimum atomic E-state index is -0.695. The summed E-state index contributed by atoms with van der Waals surface area (Å²) in [5.74, 6) is 2.02. The van der Waals surface area contributed by atoms with Crippen molar-refractivity contribution in [1.29, 1.82) is 0 Å². The number of carbonyl (C=O) groups is 2. The van der Waals surface area contributed by atoms with Crippen LogP contribution in [0.1, 0.15) is 83.4 Å². The first-order valence-electron chi connectivity index (χ1n) is 18.3. The van der Waals surface area contributed by atoms with Crippen LogP contribution >= 0.6 is 22.7 Å². The Hall–Kier alpha value is -4.22. The monoisotopic (exact) mass is 760 g/mol. The smallest absolute Gasteiger partial charge is 0.407 e. The molecule has 1 aliphatic heterocycles. The summed E-state index contributed by atoms with van der Waals surface area (Å²) in [5.41, 5.74) is 14.5. The van der Waals surface area contributed by atoms with Crippen LogP contribution < -0.4 is 16.5 Å². The van der Waals surface area contributed by atoms with Crippen molar-refractivity contribution in [3.05, 3.63) is 35.9 Å². The van der Waals surface area contributed by atoms with E-state index in [1.165, 1.54) is 7.11 Å². The SMILES string of the molecule is CON[C@H](CC(CCCN)c1nc2ccc3nc(-c4nc5ccc6nc([C@@H]7CCCN7C(=O)[C@@H](NC(=O)OC)C(C)C)[nH]c6c5s4)sc3c2[nH]1)C(C)C. The summed E-state index contributed by atoms with van der Waals surface area (Å²) in [5, 5.41) is 4.39. The number of hydroxylamine groups is 1. The van der Waals surface area contributed by atoms with Gasteiger partial charge in [0.15, 0.2) is 10.0 Å². The lowest BCUT2D eigenvalue weighted by molar-refractivity contribution is -0.135. The number of likely N-dealkylation sites (tertiary alicyclic amines) is 1. The Labute approximate surface area is 315 Å². The Kier molecular flexibility index (Phi) is 10.9. The quantitative estimate of drug-likeness (QED) is 0.0743. The first-order chi connectivity index (χ1) is 25.6. The second-order valence-corrected chi connectivity index (χ2v) is 16.5. The van der Waals surface area contributed by atoms with Gasteiger partial charge in [-0.25, -0.2) is 24.7 Å². The van der Waals surface area contributed by atoms with Crippen LogP contribution in [0.15, 0.2) is 24.3 Å². The molecule has 0 spiro atoms. The van der Waals surface area contributed by atoms with Gasteiger partial charge in [-0.1, -0.05) is 27.7 Å². The molecular weight excluding hydrogens is 713 g/mol. The average molecular weight is 761 g/mol. The average Bonchev–Trinajstić information content (AvgIpc) is 3.98. The van der Waals surface area contributed by atoms with Crippen molar-refractivity contribution in [3.63, 3.8) is 0 Å². The standard InChI is InChI=1S/C37H48N10O4S2/c1-18(2)25(46-51-6)17-20(9-7-15-38)32-39-21-11-13-23-30(28(21)43-32)52-34(41-23)35-42-24-14-12-22-29(31(24)53-35)44-33(40-22)26-10-8-16-47(26)36(48)27(19(3)4)45-37(49)50-5/h11-14,18-20,25-27,46H,7-10,15-17,38H2,1-6H3,(H,39,43)(H,40,44)(H,45,49)/t20?,25-,26+,27+/m1/s1. The number of aromatic amines is 2. The molecule has 53 heavy (non-hydrogen) atoms. The number of imidazole rings is 2. The van der Waals surface area contributed by atoms with Crippen molar-refractivity contribution >= 4 is 77.2 Å².